The molecule has 0 saturated carbocycles. The van der Waals surface area contributed by atoms with Crippen LogP contribution in [0.25, 0.3) is 0 Å². The van der Waals surface area contributed by atoms with Crippen LogP contribution in [0.1, 0.15) is 5.56 Å². The minimum atomic E-state index is -0.919. The third-order valence-corrected chi connectivity index (χ3v) is 4.00. The van der Waals surface area contributed by atoms with Gasteiger partial charge in [0.15, 0.2) is 6.10 Å². The molecule has 1 saturated heterocycles. The topological polar surface area (TPSA) is 59.0 Å². The smallest absolute Gasteiger partial charge is 0.334 e. The molecule has 1 atom stereocenters. The quantitative estimate of drug-likeness (QED) is 0.898. The van der Waals surface area contributed by atoms with Crippen molar-refractivity contribution in [3.8, 4) is 11.5 Å². The molecule has 1 fully saturated rings. The SMILES string of the molecule is O=C(O)C1CN(Cc2cccc(Oc3cccc(Cl)c3)c2)CCO1. The Morgan fingerprint density at radius 1 is 1.25 bits per heavy atom. The van der Waals surface area contributed by atoms with Crippen LogP contribution >= 0.6 is 11.6 Å². The number of aliphatic carboxylic acids is 1. The molecule has 6 heteroatoms. The lowest BCUT2D eigenvalue weighted by molar-refractivity contribution is -0.156. The first-order valence-electron chi connectivity index (χ1n) is 7.69. The molecule has 0 bridgehead atoms. The number of halogens is 1. The van der Waals surface area contributed by atoms with E-state index in [0.29, 0.717) is 37.0 Å². The van der Waals surface area contributed by atoms with Gasteiger partial charge in [-0.15, -0.1) is 0 Å². The average molecular weight is 348 g/mol. The standard InChI is InChI=1S/C18H18ClNO4/c19-14-4-2-6-16(10-14)24-15-5-1-3-13(9-15)11-20-7-8-23-17(12-20)18(21)22/h1-6,9-10,17H,7-8,11-12H2,(H,21,22). The van der Waals surface area contributed by atoms with Crippen LogP contribution in [0.15, 0.2) is 48.5 Å². The maximum atomic E-state index is 11.1. The van der Waals surface area contributed by atoms with Gasteiger partial charge in [-0.05, 0) is 35.9 Å². The van der Waals surface area contributed by atoms with Crippen LogP contribution < -0.4 is 4.74 Å². The van der Waals surface area contributed by atoms with E-state index in [4.69, 9.17) is 26.2 Å². The lowest BCUT2D eigenvalue weighted by Crippen LogP contribution is -2.45. The summed E-state index contributed by atoms with van der Waals surface area (Å²) in [5, 5.41) is 9.69. The van der Waals surface area contributed by atoms with E-state index in [1.807, 2.05) is 36.4 Å². The Balaban J connectivity index is 1.66. The molecule has 1 unspecified atom stereocenters. The Kier molecular flexibility index (Phi) is 5.35. The molecule has 2 aromatic rings. The molecule has 0 aliphatic carbocycles. The van der Waals surface area contributed by atoms with Gasteiger partial charge in [0.05, 0.1) is 6.61 Å². The van der Waals surface area contributed by atoms with E-state index in [9.17, 15) is 4.79 Å². The van der Waals surface area contributed by atoms with Crippen molar-refractivity contribution in [3.05, 3.63) is 59.1 Å². The van der Waals surface area contributed by atoms with Crippen LogP contribution in [0.3, 0.4) is 0 Å². The summed E-state index contributed by atoms with van der Waals surface area (Å²) in [5.41, 5.74) is 1.06. The third kappa shape index (κ3) is 4.47. The number of carbonyl (C=O) groups is 1. The Morgan fingerprint density at radius 2 is 2.00 bits per heavy atom. The summed E-state index contributed by atoms with van der Waals surface area (Å²) in [6, 6.07) is 15.0. The van der Waals surface area contributed by atoms with Gasteiger partial charge in [-0.1, -0.05) is 29.8 Å². The van der Waals surface area contributed by atoms with Gasteiger partial charge >= 0.3 is 5.97 Å². The van der Waals surface area contributed by atoms with Crippen molar-refractivity contribution in [1.82, 2.24) is 4.90 Å². The van der Waals surface area contributed by atoms with Crippen molar-refractivity contribution in [3.63, 3.8) is 0 Å². The van der Waals surface area contributed by atoms with Crippen LogP contribution in [0.4, 0.5) is 0 Å². The van der Waals surface area contributed by atoms with Crippen molar-refractivity contribution in [1.29, 1.82) is 0 Å². The molecule has 24 heavy (non-hydrogen) atoms. The van der Waals surface area contributed by atoms with Crippen molar-refractivity contribution < 1.29 is 19.4 Å². The van der Waals surface area contributed by atoms with Crippen LogP contribution in [0.5, 0.6) is 11.5 Å². The van der Waals surface area contributed by atoms with Crippen molar-refractivity contribution in [2.75, 3.05) is 19.7 Å². The summed E-state index contributed by atoms with van der Waals surface area (Å²) in [5.74, 6) is 0.479. The second-order valence-corrected chi connectivity index (χ2v) is 6.08. The highest BCUT2D eigenvalue weighted by molar-refractivity contribution is 6.30. The molecule has 0 amide bonds. The van der Waals surface area contributed by atoms with Crippen molar-refractivity contribution >= 4 is 17.6 Å². The monoisotopic (exact) mass is 347 g/mol. The summed E-state index contributed by atoms with van der Waals surface area (Å²) in [7, 11) is 0. The third-order valence-electron chi connectivity index (χ3n) is 3.76. The predicted octanol–water partition coefficient (Wildman–Crippen LogP) is 3.42. The summed E-state index contributed by atoms with van der Waals surface area (Å²) >= 11 is 5.96. The molecule has 3 rings (SSSR count). The maximum Gasteiger partial charge on any atom is 0.334 e. The number of morpholine rings is 1. The van der Waals surface area contributed by atoms with Crippen LogP contribution in [0.2, 0.25) is 5.02 Å². The molecule has 0 radical (unpaired) electrons. The van der Waals surface area contributed by atoms with E-state index in [1.165, 1.54) is 0 Å². The molecular weight excluding hydrogens is 330 g/mol. The summed E-state index contributed by atoms with van der Waals surface area (Å²) in [4.78, 5) is 13.1. The number of carboxylic acids is 1. The summed E-state index contributed by atoms with van der Waals surface area (Å²) in [6.07, 6.45) is -0.760. The Hall–Kier alpha value is -2.08. The molecule has 1 N–H and O–H groups in total. The van der Waals surface area contributed by atoms with E-state index >= 15 is 0 Å². The molecule has 1 heterocycles. The maximum absolute atomic E-state index is 11.1. The van der Waals surface area contributed by atoms with E-state index in [-0.39, 0.29) is 0 Å². The van der Waals surface area contributed by atoms with Crippen LogP contribution in [-0.4, -0.2) is 41.8 Å². The zero-order valence-electron chi connectivity index (χ0n) is 13.0. The molecular formula is C18H18ClNO4. The number of carboxylic acid groups (broad SMARTS) is 1. The summed E-state index contributed by atoms with van der Waals surface area (Å²) < 4.78 is 11.1. The zero-order valence-corrected chi connectivity index (χ0v) is 13.8. The molecule has 2 aromatic carbocycles. The number of ether oxygens (including phenoxy) is 2. The number of hydrogen-bond acceptors (Lipinski definition) is 4. The van der Waals surface area contributed by atoms with E-state index < -0.39 is 12.1 Å². The van der Waals surface area contributed by atoms with E-state index in [2.05, 4.69) is 4.90 Å². The molecule has 5 nitrogen and oxygen atoms in total. The molecule has 0 spiro atoms. The molecule has 0 aromatic heterocycles. The highest BCUT2D eigenvalue weighted by Gasteiger charge is 2.26. The Morgan fingerprint density at radius 3 is 2.75 bits per heavy atom. The lowest BCUT2D eigenvalue weighted by atomic mass is 10.1. The number of rotatable bonds is 5. The number of benzene rings is 2. The van der Waals surface area contributed by atoms with Gasteiger partial charge in [0.25, 0.3) is 0 Å². The van der Waals surface area contributed by atoms with Gasteiger partial charge in [-0.3, -0.25) is 4.90 Å². The summed E-state index contributed by atoms with van der Waals surface area (Å²) in [6.45, 7) is 2.17. The number of hydrogen-bond donors (Lipinski definition) is 1. The van der Waals surface area contributed by atoms with Gasteiger partial charge in [0.2, 0.25) is 0 Å². The fourth-order valence-electron chi connectivity index (χ4n) is 2.63. The van der Waals surface area contributed by atoms with Gasteiger partial charge in [0.1, 0.15) is 11.5 Å². The van der Waals surface area contributed by atoms with Gasteiger partial charge < -0.3 is 14.6 Å². The Bertz CT molecular complexity index is 722. The van der Waals surface area contributed by atoms with Crippen molar-refractivity contribution in [2.24, 2.45) is 0 Å². The normalized spacial score (nSPS) is 18.3. The van der Waals surface area contributed by atoms with E-state index in [0.717, 1.165) is 11.3 Å². The first kappa shape index (κ1) is 16.8. The lowest BCUT2D eigenvalue weighted by Gasteiger charge is -2.30. The first-order chi connectivity index (χ1) is 11.6. The van der Waals surface area contributed by atoms with Crippen molar-refractivity contribution in [2.45, 2.75) is 12.6 Å². The van der Waals surface area contributed by atoms with Gasteiger partial charge in [0, 0.05) is 24.7 Å². The average Bonchev–Trinajstić information content (AvgIpc) is 2.55. The largest absolute Gasteiger partial charge is 0.479 e. The van der Waals surface area contributed by atoms with Crippen LogP contribution in [0, 0.1) is 0 Å². The molecule has 1 aliphatic heterocycles. The fraction of sp³-hybridized carbons (Fsp3) is 0.278. The molecule has 126 valence electrons. The van der Waals surface area contributed by atoms with Gasteiger partial charge in [-0.2, -0.15) is 0 Å². The highest BCUT2D eigenvalue weighted by Crippen LogP contribution is 2.25. The number of nitrogens with zero attached hydrogens (tertiary/aromatic N) is 1. The highest BCUT2D eigenvalue weighted by atomic mass is 35.5. The Labute approximate surface area is 145 Å². The second-order valence-electron chi connectivity index (χ2n) is 5.64. The van der Waals surface area contributed by atoms with E-state index in [1.54, 1.807) is 12.1 Å². The molecule has 1 aliphatic rings. The first-order valence-corrected chi connectivity index (χ1v) is 8.07. The fourth-order valence-corrected chi connectivity index (χ4v) is 2.81. The zero-order chi connectivity index (χ0) is 16.9. The van der Waals surface area contributed by atoms with Crippen LogP contribution in [-0.2, 0) is 16.1 Å². The predicted molar refractivity (Wildman–Crippen MR) is 90.6 cm³/mol. The minimum absolute atomic E-state index is 0.384. The van der Waals surface area contributed by atoms with Gasteiger partial charge in [-0.25, -0.2) is 4.79 Å². The second kappa shape index (κ2) is 7.66. The minimum Gasteiger partial charge on any atom is -0.479 e.